The fourth-order valence-corrected chi connectivity index (χ4v) is 2.68. The molecule has 1 amide bonds. The second-order valence-corrected chi connectivity index (χ2v) is 6.23. The second kappa shape index (κ2) is 7.99. The molecular weight excluding hydrogens is 276 g/mol. The Morgan fingerprint density at radius 1 is 1.32 bits per heavy atom. The van der Waals surface area contributed by atoms with Crippen molar-refractivity contribution in [1.82, 2.24) is 10.2 Å². The number of nitrogens with one attached hydrogen (secondary N) is 1. The molecule has 1 saturated heterocycles. The van der Waals surface area contributed by atoms with Crippen LogP contribution in [0.25, 0.3) is 0 Å². The van der Waals surface area contributed by atoms with Crippen molar-refractivity contribution < 1.29 is 9.90 Å². The number of hydrogen-bond acceptors (Lipinski definition) is 3. The van der Waals surface area contributed by atoms with Crippen LogP contribution < -0.4 is 5.32 Å². The standard InChI is InChI=1S/C18H26N2O2/c1-14(2)7-10-20-11-8-16(9-12-20)19-18(22)13-15-5-3-4-6-17(15)21/h3-7,16,21H,8-13H2,1-2H3,(H,19,22). The highest BCUT2D eigenvalue weighted by atomic mass is 16.3. The molecule has 2 rings (SSSR count). The molecular formula is C18H26N2O2. The van der Waals surface area contributed by atoms with E-state index >= 15 is 0 Å². The number of amides is 1. The Morgan fingerprint density at radius 2 is 2.00 bits per heavy atom. The van der Waals surface area contributed by atoms with Gasteiger partial charge in [0.2, 0.25) is 5.91 Å². The van der Waals surface area contributed by atoms with Crippen LogP contribution in [0.15, 0.2) is 35.9 Å². The normalized spacial score (nSPS) is 16.3. The second-order valence-electron chi connectivity index (χ2n) is 6.23. The molecule has 1 heterocycles. The molecule has 0 saturated carbocycles. The number of carbonyl (C=O) groups excluding carboxylic acids is 1. The van der Waals surface area contributed by atoms with Crippen molar-refractivity contribution in [3.8, 4) is 5.75 Å². The summed E-state index contributed by atoms with van der Waals surface area (Å²) in [6.45, 7) is 7.27. The molecule has 0 bridgehead atoms. The first kappa shape index (κ1) is 16.6. The Balaban J connectivity index is 1.75. The minimum absolute atomic E-state index is 0.00996. The number of benzene rings is 1. The first-order valence-electron chi connectivity index (χ1n) is 7.96. The van der Waals surface area contributed by atoms with E-state index in [4.69, 9.17) is 0 Å². The summed E-state index contributed by atoms with van der Waals surface area (Å²) in [4.78, 5) is 14.5. The molecule has 0 aliphatic carbocycles. The molecule has 0 aromatic heterocycles. The average molecular weight is 302 g/mol. The van der Waals surface area contributed by atoms with Crippen LogP contribution in [0.3, 0.4) is 0 Å². The van der Waals surface area contributed by atoms with Gasteiger partial charge in [0, 0.05) is 31.2 Å². The highest BCUT2D eigenvalue weighted by Gasteiger charge is 2.20. The third kappa shape index (κ3) is 5.19. The molecule has 1 aliphatic rings. The van der Waals surface area contributed by atoms with Crippen LogP contribution in [0, 0.1) is 0 Å². The van der Waals surface area contributed by atoms with Crippen LogP contribution in [0.4, 0.5) is 0 Å². The lowest BCUT2D eigenvalue weighted by molar-refractivity contribution is -0.121. The summed E-state index contributed by atoms with van der Waals surface area (Å²) in [7, 11) is 0. The molecule has 1 aromatic carbocycles. The lowest BCUT2D eigenvalue weighted by Gasteiger charge is -2.31. The van der Waals surface area contributed by atoms with Crippen LogP contribution in [0.2, 0.25) is 0 Å². The van der Waals surface area contributed by atoms with Crippen molar-refractivity contribution in [2.45, 2.75) is 39.2 Å². The summed E-state index contributed by atoms with van der Waals surface area (Å²) in [6, 6.07) is 7.26. The summed E-state index contributed by atoms with van der Waals surface area (Å²) >= 11 is 0. The maximum Gasteiger partial charge on any atom is 0.224 e. The molecule has 1 aromatic rings. The lowest BCUT2D eigenvalue weighted by Crippen LogP contribution is -2.45. The smallest absolute Gasteiger partial charge is 0.224 e. The monoisotopic (exact) mass is 302 g/mol. The largest absolute Gasteiger partial charge is 0.508 e. The topological polar surface area (TPSA) is 52.6 Å². The zero-order chi connectivity index (χ0) is 15.9. The van der Waals surface area contributed by atoms with E-state index in [0.717, 1.165) is 32.5 Å². The fourth-order valence-electron chi connectivity index (χ4n) is 2.68. The summed E-state index contributed by atoms with van der Waals surface area (Å²) in [5.41, 5.74) is 2.03. The Morgan fingerprint density at radius 3 is 2.64 bits per heavy atom. The van der Waals surface area contributed by atoms with Gasteiger partial charge in [0.15, 0.2) is 0 Å². The third-order valence-corrected chi connectivity index (χ3v) is 4.05. The van der Waals surface area contributed by atoms with Gasteiger partial charge in [-0.3, -0.25) is 9.69 Å². The van der Waals surface area contributed by atoms with Crippen LogP contribution in [0.1, 0.15) is 32.3 Å². The Hall–Kier alpha value is -1.81. The van der Waals surface area contributed by atoms with Gasteiger partial charge in [0.1, 0.15) is 5.75 Å². The number of carbonyl (C=O) groups is 1. The number of aromatic hydroxyl groups is 1. The molecule has 0 spiro atoms. The van der Waals surface area contributed by atoms with Gasteiger partial charge in [0.05, 0.1) is 6.42 Å². The molecule has 22 heavy (non-hydrogen) atoms. The van der Waals surface area contributed by atoms with Gasteiger partial charge in [-0.2, -0.15) is 0 Å². The van der Waals surface area contributed by atoms with E-state index in [1.807, 2.05) is 6.07 Å². The minimum atomic E-state index is -0.00996. The molecule has 1 aliphatic heterocycles. The van der Waals surface area contributed by atoms with Crippen LogP contribution >= 0.6 is 0 Å². The first-order chi connectivity index (χ1) is 10.5. The van der Waals surface area contributed by atoms with Crippen molar-refractivity contribution >= 4 is 5.91 Å². The number of likely N-dealkylation sites (tertiary alicyclic amines) is 1. The van der Waals surface area contributed by atoms with E-state index in [0.29, 0.717) is 5.56 Å². The Bertz CT molecular complexity index is 528. The number of phenolic OH excluding ortho intramolecular Hbond substituents is 1. The number of allylic oxidation sites excluding steroid dienone is 1. The van der Waals surface area contributed by atoms with E-state index < -0.39 is 0 Å². The van der Waals surface area contributed by atoms with E-state index in [9.17, 15) is 9.90 Å². The summed E-state index contributed by atoms with van der Waals surface area (Å²) in [6.07, 6.45) is 4.47. The van der Waals surface area contributed by atoms with Gasteiger partial charge < -0.3 is 10.4 Å². The Labute approximate surface area is 132 Å². The van der Waals surface area contributed by atoms with Gasteiger partial charge in [-0.25, -0.2) is 0 Å². The highest BCUT2D eigenvalue weighted by molar-refractivity contribution is 5.79. The molecule has 4 nitrogen and oxygen atoms in total. The number of para-hydroxylation sites is 1. The van der Waals surface area contributed by atoms with Gasteiger partial charge >= 0.3 is 0 Å². The number of phenols is 1. The van der Waals surface area contributed by atoms with E-state index in [-0.39, 0.29) is 24.1 Å². The van der Waals surface area contributed by atoms with Crippen molar-refractivity contribution in [3.05, 3.63) is 41.5 Å². The summed E-state index contributed by atoms with van der Waals surface area (Å²) in [5.74, 6) is 0.179. The van der Waals surface area contributed by atoms with Gasteiger partial charge in [-0.15, -0.1) is 0 Å². The summed E-state index contributed by atoms with van der Waals surface area (Å²) in [5, 5.41) is 12.8. The molecule has 4 heteroatoms. The quantitative estimate of drug-likeness (QED) is 0.822. The molecule has 1 fully saturated rings. The number of rotatable bonds is 5. The molecule has 0 atom stereocenters. The predicted molar refractivity (Wildman–Crippen MR) is 88.8 cm³/mol. The van der Waals surface area contributed by atoms with Crippen molar-refractivity contribution in [3.63, 3.8) is 0 Å². The highest BCUT2D eigenvalue weighted by Crippen LogP contribution is 2.16. The first-order valence-corrected chi connectivity index (χ1v) is 7.96. The molecule has 2 N–H and O–H groups in total. The van der Waals surface area contributed by atoms with Crippen molar-refractivity contribution in [2.24, 2.45) is 0 Å². The third-order valence-electron chi connectivity index (χ3n) is 4.05. The SMILES string of the molecule is CC(C)=CCN1CCC(NC(=O)Cc2ccccc2O)CC1. The predicted octanol–water partition coefficient (Wildman–Crippen LogP) is 2.48. The van der Waals surface area contributed by atoms with Crippen LogP contribution in [-0.4, -0.2) is 41.6 Å². The van der Waals surface area contributed by atoms with Crippen LogP contribution in [0.5, 0.6) is 5.75 Å². The lowest BCUT2D eigenvalue weighted by atomic mass is 10.0. The van der Waals surface area contributed by atoms with Gasteiger partial charge in [-0.05, 0) is 32.8 Å². The van der Waals surface area contributed by atoms with E-state index in [1.54, 1.807) is 18.2 Å². The number of nitrogens with zero attached hydrogens (tertiary/aromatic N) is 1. The Kier molecular flexibility index (Phi) is 6.01. The van der Waals surface area contributed by atoms with E-state index in [1.165, 1.54) is 5.57 Å². The molecule has 0 unspecified atom stereocenters. The maximum absolute atomic E-state index is 12.1. The zero-order valence-corrected chi connectivity index (χ0v) is 13.5. The molecule has 0 radical (unpaired) electrons. The zero-order valence-electron chi connectivity index (χ0n) is 13.5. The molecule has 120 valence electrons. The number of piperidine rings is 1. The van der Waals surface area contributed by atoms with Crippen molar-refractivity contribution in [1.29, 1.82) is 0 Å². The number of hydrogen-bond donors (Lipinski definition) is 2. The average Bonchev–Trinajstić information content (AvgIpc) is 2.49. The summed E-state index contributed by atoms with van der Waals surface area (Å²) < 4.78 is 0. The van der Waals surface area contributed by atoms with Crippen LogP contribution in [-0.2, 0) is 11.2 Å². The fraction of sp³-hybridized carbons (Fsp3) is 0.500. The minimum Gasteiger partial charge on any atom is -0.508 e. The van der Waals surface area contributed by atoms with Gasteiger partial charge in [-0.1, -0.05) is 29.8 Å². The van der Waals surface area contributed by atoms with Gasteiger partial charge in [0.25, 0.3) is 0 Å². The van der Waals surface area contributed by atoms with Crippen molar-refractivity contribution in [2.75, 3.05) is 19.6 Å². The van der Waals surface area contributed by atoms with E-state index in [2.05, 4.69) is 30.1 Å². The maximum atomic E-state index is 12.1.